The maximum absolute atomic E-state index is 14.8. The summed E-state index contributed by atoms with van der Waals surface area (Å²) in [6.07, 6.45) is 1.84. The van der Waals surface area contributed by atoms with Gasteiger partial charge in [-0.3, -0.25) is 0 Å². The Morgan fingerprint density at radius 3 is 1.96 bits per heavy atom. The van der Waals surface area contributed by atoms with Crippen LogP contribution in [0, 0.1) is 39.3 Å². The molecular formula is C44H48F2N2+2. The molecule has 0 aliphatic carbocycles. The molecule has 0 unspecified atom stereocenters. The number of fused-ring (bicyclic) bond motifs is 2. The zero-order chi connectivity index (χ0) is 34.6. The van der Waals surface area contributed by atoms with Crippen molar-refractivity contribution in [1.29, 1.82) is 0 Å². The van der Waals surface area contributed by atoms with Gasteiger partial charge in [0.25, 0.3) is 0 Å². The van der Waals surface area contributed by atoms with Crippen LogP contribution in [-0.4, -0.2) is 0 Å². The largest absolute Gasteiger partial charge is 0.213 e. The van der Waals surface area contributed by atoms with Gasteiger partial charge in [-0.05, 0) is 128 Å². The first-order chi connectivity index (χ1) is 22.8. The monoisotopic (exact) mass is 642 g/mol. The van der Waals surface area contributed by atoms with Crippen LogP contribution in [0.25, 0.3) is 44.3 Å². The van der Waals surface area contributed by atoms with Crippen molar-refractivity contribution < 1.29 is 17.9 Å². The third kappa shape index (κ3) is 5.91. The summed E-state index contributed by atoms with van der Waals surface area (Å²) in [6, 6.07) is 24.9. The molecule has 0 aliphatic heterocycles. The summed E-state index contributed by atoms with van der Waals surface area (Å²) < 4.78 is 34.0. The molecule has 0 N–H and O–H groups in total. The highest BCUT2D eigenvalue weighted by molar-refractivity contribution is 5.83. The zero-order valence-corrected chi connectivity index (χ0v) is 30.1. The second-order valence-corrected chi connectivity index (χ2v) is 14.4. The molecule has 4 heteroatoms. The van der Waals surface area contributed by atoms with E-state index in [0.717, 1.165) is 57.2 Å². The van der Waals surface area contributed by atoms with E-state index in [1.54, 1.807) is 12.1 Å². The predicted molar refractivity (Wildman–Crippen MR) is 196 cm³/mol. The second-order valence-electron chi connectivity index (χ2n) is 14.4. The molecule has 0 atom stereocenters. The van der Waals surface area contributed by atoms with Crippen molar-refractivity contribution in [2.75, 3.05) is 0 Å². The molecule has 0 radical (unpaired) electrons. The summed E-state index contributed by atoms with van der Waals surface area (Å²) in [6.45, 7) is 17.0. The van der Waals surface area contributed by atoms with Crippen LogP contribution in [0.15, 0.2) is 72.8 Å². The molecule has 2 heterocycles. The van der Waals surface area contributed by atoms with Crippen LogP contribution >= 0.6 is 0 Å². The summed E-state index contributed by atoms with van der Waals surface area (Å²) in [7, 11) is 4.18. The number of pyridine rings is 2. The van der Waals surface area contributed by atoms with E-state index in [4.69, 9.17) is 0 Å². The summed E-state index contributed by atoms with van der Waals surface area (Å²) >= 11 is 0. The van der Waals surface area contributed by atoms with Crippen LogP contribution in [0.2, 0.25) is 0 Å². The second kappa shape index (κ2) is 12.9. The molecule has 4 aromatic carbocycles. The molecule has 0 spiro atoms. The zero-order valence-electron chi connectivity index (χ0n) is 30.1. The average molecular weight is 643 g/mol. The molecule has 6 rings (SSSR count). The lowest BCUT2D eigenvalue weighted by Crippen LogP contribution is -2.32. The Labute approximate surface area is 284 Å². The standard InChI is InChI=1S/C44H48F2N2/c1-25(2)35-24-43-33(23-39(35)46)13-16-41(48(43)10)37-22-31(21-28(6)29(37)7)11-12-32-19-27(5)20-36(30(32)8)42-17-14-34-40(47(42)9)18-15-38(45)44(34)26(3)4/h13-26H,11-12H2,1-10H3/q+2. The maximum Gasteiger partial charge on any atom is 0.213 e. The van der Waals surface area contributed by atoms with Gasteiger partial charge in [0, 0.05) is 46.3 Å². The van der Waals surface area contributed by atoms with E-state index in [9.17, 15) is 8.78 Å². The fraction of sp³-hybridized carbons (Fsp3) is 0.318. The van der Waals surface area contributed by atoms with Gasteiger partial charge in [-0.1, -0.05) is 39.8 Å². The van der Waals surface area contributed by atoms with E-state index in [2.05, 4.69) is 93.4 Å². The minimum atomic E-state index is -0.140. The summed E-state index contributed by atoms with van der Waals surface area (Å²) in [5, 5.41) is 1.88. The van der Waals surface area contributed by atoms with Crippen molar-refractivity contribution in [3.8, 4) is 22.5 Å². The van der Waals surface area contributed by atoms with E-state index in [0.29, 0.717) is 0 Å². The molecule has 0 saturated carbocycles. The highest BCUT2D eigenvalue weighted by Crippen LogP contribution is 2.33. The fourth-order valence-corrected chi connectivity index (χ4v) is 7.55. The third-order valence-electron chi connectivity index (χ3n) is 10.5. The Kier molecular flexibility index (Phi) is 8.98. The van der Waals surface area contributed by atoms with Crippen LogP contribution < -0.4 is 9.13 Å². The lowest BCUT2D eigenvalue weighted by atomic mass is 9.90. The van der Waals surface area contributed by atoms with E-state index in [1.165, 1.54) is 44.5 Å². The molecule has 48 heavy (non-hydrogen) atoms. The lowest BCUT2D eigenvalue weighted by Gasteiger charge is -2.16. The van der Waals surface area contributed by atoms with Crippen LogP contribution in [0.3, 0.4) is 0 Å². The molecule has 0 saturated heterocycles. The van der Waals surface area contributed by atoms with Gasteiger partial charge >= 0.3 is 0 Å². The number of rotatable bonds is 7. The van der Waals surface area contributed by atoms with Crippen molar-refractivity contribution in [3.63, 3.8) is 0 Å². The Morgan fingerprint density at radius 1 is 0.604 bits per heavy atom. The first kappa shape index (κ1) is 33.5. The quantitative estimate of drug-likeness (QED) is 0.153. The number of aromatic nitrogens is 2. The average Bonchev–Trinajstić information content (AvgIpc) is 3.03. The summed E-state index contributed by atoms with van der Waals surface area (Å²) in [5.74, 6) is -0.0662. The van der Waals surface area contributed by atoms with Crippen LogP contribution in [-0.2, 0) is 26.9 Å². The highest BCUT2D eigenvalue weighted by Gasteiger charge is 2.23. The number of benzene rings is 4. The number of nitrogens with zero attached hydrogens (tertiary/aromatic N) is 2. The topological polar surface area (TPSA) is 7.76 Å². The highest BCUT2D eigenvalue weighted by atomic mass is 19.1. The van der Waals surface area contributed by atoms with Crippen molar-refractivity contribution in [2.24, 2.45) is 14.1 Å². The van der Waals surface area contributed by atoms with Gasteiger partial charge in [-0.25, -0.2) is 8.78 Å². The fourth-order valence-electron chi connectivity index (χ4n) is 7.55. The van der Waals surface area contributed by atoms with Crippen LogP contribution in [0.4, 0.5) is 8.78 Å². The van der Waals surface area contributed by atoms with Gasteiger partial charge in [0.2, 0.25) is 22.4 Å². The molecule has 6 aromatic rings. The molecule has 0 bridgehead atoms. The van der Waals surface area contributed by atoms with E-state index in [-0.39, 0.29) is 23.5 Å². The van der Waals surface area contributed by atoms with Crippen molar-refractivity contribution >= 4 is 21.8 Å². The smallest absolute Gasteiger partial charge is 0.207 e. The van der Waals surface area contributed by atoms with Gasteiger partial charge in [0.05, 0.1) is 5.39 Å². The Bertz CT molecular complexity index is 2230. The normalized spacial score (nSPS) is 11.9. The van der Waals surface area contributed by atoms with E-state index in [1.807, 2.05) is 45.9 Å². The molecule has 0 amide bonds. The van der Waals surface area contributed by atoms with Gasteiger partial charge in [0.15, 0.2) is 0 Å². The predicted octanol–water partition coefficient (Wildman–Crippen LogP) is 10.5. The van der Waals surface area contributed by atoms with Gasteiger partial charge in [-0.2, -0.15) is 9.13 Å². The third-order valence-corrected chi connectivity index (χ3v) is 10.5. The minimum Gasteiger partial charge on any atom is -0.207 e. The molecule has 0 aliphatic rings. The minimum absolute atomic E-state index is 0.101. The van der Waals surface area contributed by atoms with Gasteiger partial charge in [-0.15, -0.1) is 0 Å². The number of aryl methyl sites for hydroxylation is 6. The maximum atomic E-state index is 14.8. The number of hydrogen-bond acceptors (Lipinski definition) is 0. The molecule has 0 fully saturated rings. The Balaban J connectivity index is 1.36. The van der Waals surface area contributed by atoms with Crippen molar-refractivity contribution in [1.82, 2.24) is 0 Å². The van der Waals surface area contributed by atoms with Crippen LogP contribution in [0.1, 0.15) is 84.0 Å². The Morgan fingerprint density at radius 2 is 1.27 bits per heavy atom. The van der Waals surface area contributed by atoms with E-state index < -0.39 is 0 Å². The molecular weight excluding hydrogens is 594 g/mol. The van der Waals surface area contributed by atoms with Crippen molar-refractivity contribution in [2.45, 2.75) is 80.1 Å². The molecule has 2 nitrogen and oxygen atoms in total. The Hall–Kier alpha value is -4.44. The van der Waals surface area contributed by atoms with Crippen LogP contribution in [0.5, 0.6) is 0 Å². The number of halogens is 2. The first-order valence-corrected chi connectivity index (χ1v) is 17.2. The summed E-state index contributed by atoms with van der Waals surface area (Å²) in [5.41, 5.74) is 16.0. The molecule has 246 valence electrons. The van der Waals surface area contributed by atoms with Crippen molar-refractivity contribution in [3.05, 3.63) is 129 Å². The van der Waals surface area contributed by atoms with Gasteiger partial charge in [0.1, 0.15) is 25.7 Å². The van der Waals surface area contributed by atoms with E-state index >= 15 is 0 Å². The molecule has 2 aromatic heterocycles. The van der Waals surface area contributed by atoms with Gasteiger partial charge < -0.3 is 0 Å². The lowest BCUT2D eigenvalue weighted by molar-refractivity contribution is -0.633. The first-order valence-electron chi connectivity index (χ1n) is 17.2. The summed E-state index contributed by atoms with van der Waals surface area (Å²) in [4.78, 5) is 0. The number of hydrogen-bond donors (Lipinski definition) is 0. The SMILES string of the molecule is Cc1cc(CCc2cc(C)c(C)c(-c3ccc4cc(F)c(C(C)C)cc4[n+]3C)c2)c(C)c(-c2ccc3c(C(C)C)c(F)ccc3[n+]2C)c1.